The number of carbonyl (C=O) groups excluding carboxylic acids is 1. The van der Waals surface area contributed by atoms with Crippen LogP contribution in [0.15, 0.2) is 58.2 Å². The zero-order valence-electron chi connectivity index (χ0n) is 13.6. The molecule has 1 atom stereocenters. The molecule has 0 bridgehead atoms. The van der Waals surface area contributed by atoms with Crippen LogP contribution in [-0.4, -0.2) is 38.2 Å². The van der Waals surface area contributed by atoms with Gasteiger partial charge in [0.1, 0.15) is 11.3 Å². The Labute approximate surface area is 143 Å². The molecule has 1 N–H and O–H groups in total. The Kier molecular flexibility index (Phi) is 3.97. The maximum Gasteiger partial charge on any atom is 0.261 e. The van der Waals surface area contributed by atoms with Crippen LogP contribution in [0.4, 0.5) is 0 Å². The molecule has 4 rings (SSSR count). The zero-order chi connectivity index (χ0) is 17.2. The number of furan rings is 1. The van der Waals surface area contributed by atoms with Crippen LogP contribution in [-0.2, 0) is 6.54 Å². The van der Waals surface area contributed by atoms with Gasteiger partial charge in [0.05, 0.1) is 24.5 Å². The van der Waals surface area contributed by atoms with E-state index in [1.807, 2.05) is 16.9 Å². The highest BCUT2D eigenvalue weighted by Gasteiger charge is 2.31. The highest BCUT2D eigenvalue weighted by atomic mass is 16.3. The molecule has 0 unspecified atom stereocenters. The molecule has 3 aromatic heterocycles. The lowest BCUT2D eigenvalue weighted by molar-refractivity contribution is 0.0720. The summed E-state index contributed by atoms with van der Waals surface area (Å²) in [5.41, 5.74) is 0.312. The van der Waals surface area contributed by atoms with Crippen molar-refractivity contribution >= 4 is 5.91 Å². The van der Waals surface area contributed by atoms with Gasteiger partial charge in [-0.15, -0.1) is 0 Å². The quantitative estimate of drug-likeness (QED) is 0.790. The monoisotopic (exact) mass is 338 g/mol. The fraction of sp³-hybridized carbons (Fsp3) is 0.278. The van der Waals surface area contributed by atoms with Gasteiger partial charge in [-0.05, 0) is 43.2 Å². The Bertz CT molecular complexity index is 912. The van der Waals surface area contributed by atoms with E-state index in [9.17, 15) is 9.59 Å². The number of H-pyrrole nitrogens is 1. The maximum absolute atomic E-state index is 12.9. The first-order valence-corrected chi connectivity index (χ1v) is 8.28. The van der Waals surface area contributed by atoms with Gasteiger partial charge in [-0.25, -0.2) is 0 Å². The van der Waals surface area contributed by atoms with Crippen molar-refractivity contribution in [3.05, 3.63) is 64.9 Å². The van der Waals surface area contributed by atoms with Gasteiger partial charge in [0.15, 0.2) is 0 Å². The fourth-order valence-corrected chi connectivity index (χ4v) is 3.29. The molecule has 128 valence electrons. The number of carbonyl (C=O) groups is 1. The Morgan fingerprint density at radius 1 is 1.32 bits per heavy atom. The Hall–Kier alpha value is -3.09. The van der Waals surface area contributed by atoms with Crippen LogP contribution in [0.5, 0.6) is 0 Å². The topological polar surface area (TPSA) is 84.1 Å². The molecule has 0 spiro atoms. The van der Waals surface area contributed by atoms with Crippen LogP contribution in [0.2, 0.25) is 0 Å². The van der Waals surface area contributed by atoms with Crippen molar-refractivity contribution < 1.29 is 9.21 Å². The van der Waals surface area contributed by atoms with Crippen molar-refractivity contribution in [2.45, 2.75) is 25.4 Å². The minimum Gasteiger partial charge on any atom is -0.463 e. The molecule has 3 aromatic rings. The van der Waals surface area contributed by atoms with Gasteiger partial charge in [0.2, 0.25) is 0 Å². The van der Waals surface area contributed by atoms with Gasteiger partial charge < -0.3 is 14.3 Å². The molecule has 0 aliphatic carbocycles. The number of likely N-dealkylation sites (tertiary alicyclic amines) is 1. The lowest BCUT2D eigenvalue weighted by atomic mass is 10.1. The van der Waals surface area contributed by atoms with Gasteiger partial charge in [0.25, 0.3) is 11.5 Å². The molecular formula is C18H18N4O3. The highest BCUT2D eigenvalue weighted by molar-refractivity contribution is 5.94. The molecule has 0 saturated carbocycles. The van der Waals surface area contributed by atoms with Gasteiger partial charge >= 0.3 is 0 Å². The van der Waals surface area contributed by atoms with Crippen molar-refractivity contribution in [1.29, 1.82) is 0 Å². The van der Waals surface area contributed by atoms with Gasteiger partial charge in [-0.1, -0.05) is 0 Å². The number of amides is 1. The number of nitrogens with zero attached hydrogens (tertiary/aromatic N) is 3. The van der Waals surface area contributed by atoms with E-state index in [2.05, 4.69) is 10.1 Å². The molecule has 4 heterocycles. The van der Waals surface area contributed by atoms with Gasteiger partial charge in [-0.3, -0.25) is 14.3 Å². The van der Waals surface area contributed by atoms with Crippen LogP contribution in [0.3, 0.4) is 0 Å². The molecule has 25 heavy (non-hydrogen) atoms. The van der Waals surface area contributed by atoms with E-state index >= 15 is 0 Å². The minimum absolute atomic E-state index is 0.0524. The molecule has 0 radical (unpaired) electrons. The SMILES string of the molecule is O=C(c1ccc(-c2ccco2)[nH]c1=O)N1CCC[C@@H]1Cn1cccn1. The van der Waals surface area contributed by atoms with Crippen molar-refractivity contribution in [2.75, 3.05) is 6.54 Å². The molecule has 7 heteroatoms. The van der Waals surface area contributed by atoms with E-state index in [1.165, 1.54) is 6.26 Å². The van der Waals surface area contributed by atoms with Gasteiger partial charge in [0, 0.05) is 18.9 Å². The summed E-state index contributed by atoms with van der Waals surface area (Å²) < 4.78 is 7.10. The van der Waals surface area contributed by atoms with Gasteiger partial charge in [-0.2, -0.15) is 5.10 Å². The first kappa shape index (κ1) is 15.4. The predicted molar refractivity (Wildman–Crippen MR) is 91.1 cm³/mol. The van der Waals surface area contributed by atoms with E-state index < -0.39 is 5.56 Å². The molecule has 1 aliphatic heterocycles. The summed E-state index contributed by atoms with van der Waals surface area (Å²) in [5, 5.41) is 4.20. The van der Waals surface area contributed by atoms with E-state index in [0.717, 1.165) is 12.8 Å². The van der Waals surface area contributed by atoms with Crippen molar-refractivity contribution in [2.24, 2.45) is 0 Å². The predicted octanol–water partition coefficient (Wildman–Crippen LogP) is 2.14. The third-order valence-electron chi connectivity index (χ3n) is 4.52. The minimum atomic E-state index is -0.399. The molecule has 7 nitrogen and oxygen atoms in total. The van der Waals surface area contributed by atoms with Crippen molar-refractivity contribution in [1.82, 2.24) is 19.7 Å². The summed E-state index contributed by atoms with van der Waals surface area (Å²) in [5.74, 6) is 0.329. The normalized spacial score (nSPS) is 17.1. The fourth-order valence-electron chi connectivity index (χ4n) is 3.29. The number of aromatic amines is 1. The van der Waals surface area contributed by atoms with Crippen LogP contribution in [0.25, 0.3) is 11.5 Å². The van der Waals surface area contributed by atoms with Crippen LogP contribution in [0.1, 0.15) is 23.2 Å². The lowest BCUT2D eigenvalue weighted by Crippen LogP contribution is -2.40. The number of aromatic nitrogens is 3. The number of hydrogen-bond acceptors (Lipinski definition) is 4. The lowest BCUT2D eigenvalue weighted by Gasteiger charge is -2.24. The second-order valence-electron chi connectivity index (χ2n) is 6.11. The summed E-state index contributed by atoms with van der Waals surface area (Å²) >= 11 is 0. The zero-order valence-corrected chi connectivity index (χ0v) is 13.6. The van der Waals surface area contributed by atoms with E-state index in [0.29, 0.717) is 24.5 Å². The smallest absolute Gasteiger partial charge is 0.261 e. The summed E-state index contributed by atoms with van der Waals surface area (Å²) in [6.07, 6.45) is 6.98. The first-order valence-electron chi connectivity index (χ1n) is 8.28. The number of nitrogens with one attached hydrogen (secondary N) is 1. The summed E-state index contributed by atoms with van der Waals surface area (Å²) in [4.78, 5) is 29.8. The molecular weight excluding hydrogens is 320 g/mol. The standard InChI is InChI=1S/C18H18N4O3/c23-17-14(6-7-15(20-17)16-5-2-11-25-16)18(24)22-10-1-4-13(22)12-21-9-3-8-19-21/h2-3,5-9,11,13H,1,4,10,12H2,(H,20,23)/t13-/m1/s1. The van der Waals surface area contributed by atoms with Crippen molar-refractivity contribution in [3.8, 4) is 11.5 Å². The largest absolute Gasteiger partial charge is 0.463 e. The molecule has 1 aliphatic rings. The van der Waals surface area contributed by atoms with E-state index in [1.54, 1.807) is 35.4 Å². The molecule has 1 fully saturated rings. The van der Waals surface area contributed by atoms with Crippen molar-refractivity contribution in [3.63, 3.8) is 0 Å². The summed E-state index contributed by atoms with van der Waals surface area (Å²) in [6.45, 7) is 1.30. The summed E-state index contributed by atoms with van der Waals surface area (Å²) in [7, 11) is 0. The van der Waals surface area contributed by atoms with Crippen LogP contribution >= 0.6 is 0 Å². The molecule has 1 saturated heterocycles. The second-order valence-corrected chi connectivity index (χ2v) is 6.11. The highest BCUT2D eigenvalue weighted by Crippen LogP contribution is 2.21. The maximum atomic E-state index is 12.9. The summed E-state index contributed by atoms with van der Waals surface area (Å²) in [6, 6.07) is 8.69. The number of hydrogen-bond donors (Lipinski definition) is 1. The third kappa shape index (κ3) is 3.00. The van der Waals surface area contributed by atoms with Crippen LogP contribution < -0.4 is 5.56 Å². The second kappa shape index (κ2) is 6.43. The van der Waals surface area contributed by atoms with Crippen LogP contribution in [0, 0.1) is 0 Å². The van der Waals surface area contributed by atoms with E-state index in [4.69, 9.17) is 4.42 Å². The Morgan fingerprint density at radius 2 is 2.24 bits per heavy atom. The average molecular weight is 338 g/mol. The molecule has 1 amide bonds. The average Bonchev–Trinajstić information content (AvgIpc) is 3.37. The number of rotatable bonds is 4. The molecule has 0 aromatic carbocycles. The Morgan fingerprint density at radius 3 is 2.96 bits per heavy atom. The third-order valence-corrected chi connectivity index (χ3v) is 4.52. The first-order chi connectivity index (χ1) is 12.2. The van der Waals surface area contributed by atoms with E-state index in [-0.39, 0.29) is 17.5 Å². The number of pyridine rings is 1. The Balaban J connectivity index is 1.56.